The van der Waals surface area contributed by atoms with Crippen LogP contribution in [0.25, 0.3) is 0 Å². The van der Waals surface area contributed by atoms with Gasteiger partial charge in [-0.2, -0.15) is 0 Å². The summed E-state index contributed by atoms with van der Waals surface area (Å²) in [6.07, 6.45) is 8.83. The third kappa shape index (κ3) is 4.69. The molecule has 6 heteroatoms. The van der Waals surface area contributed by atoms with Crippen molar-refractivity contribution in [1.82, 2.24) is 9.80 Å². The van der Waals surface area contributed by atoms with Crippen molar-refractivity contribution in [3.8, 4) is 0 Å². The van der Waals surface area contributed by atoms with Crippen molar-refractivity contribution in [1.29, 1.82) is 0 Å². The van der Waals surface area contributed by atoms with E-state index in [1.54, 1.807) is 4.90 Å². The van der Waals surface area contributed by atoms with Crippen molar-refractivity contribution in [2.75, 3.05) is 39.0 Å². The number of hydrogen-bond acceptors (Lipinski definition) is 4. The molecular weight excluding hydrogens is 312 g/mol. The Kier molecular flexibility index (Phi) is 6.11. The number of sulfone groups is 1. The van der Waals surface area contributed by atoms with E-state index in [0.29, 0.717) is 13.1 Å². The maximum absolute atomic E-state index is 12.6. The molecule has 134 valence electrons. The lowest BCUT2D eigenvalue weighted by Gasteiger charge is -2.31. The average Bonchev–Trinajstić information content (AvgIpc) is 2.72. The molecule has 0 bridgehead atoms. The molecule has 5 nitrogen and oxygen atoms in total. The zero-order chi connectivity index (χ0) is 17.1. The Balaban J connectivity index is 1.91. The van der Waals surface area contributed by atoms with Gasteiger partial charge in [0, 0.05) is 32.4 Å². The normalized spacial score (nSPS) is 22.8. The van der Waals surface area contributed by atoms with E-state index in [-0.39, 0.29) is 5.91 Å². The van der Waals surface area contributed by atoms with Gasteiger partial charge < -0.3 is 9.80 Å². The van der Waals surface area contributed by atoms with Gasteiger partial charge in [-0.3, -0.25) is 4.79 Å². The number of nitrogens with zero attached hydrogens (tertiary/aromatic N) is 2. The highest BCUT2D eigenvalue weighted by Crippen LogP contribution is 2.25. The number of carbonyl (C=O) groups excluding carboxylic acids is 1. The summed E-state index contributed by atoms with van der Waals surface area (Å²) < 4.78 is 22.5. The van der Waals surface area contributed by atoms with E-state index in [1.165, 1.54) is 46.0 Å². The van der Waals surface area contributed by atoms with Gasteiger partial charge in [0.1, 0.15) is 4.75 Å². The number of carbonyl (C=O) groups is 1. The molecule has 1 saturated carbocycles. The number of hydrogen-bond donors (Lipinski definition) is 0. The molecule has 2 rings (SSSR count). The molecule has 2 aliphatic rings. The topological polar surface area (TPSA) is 57.7 Å². The molecule has 0 unspecified atom stereocenters. The van der Waals surface area contributed by atoms with Crippen LogP contribution in [0.1, 0.15) is 52.4 Å². The second-order valence-corrected chi connectivity index (χ2v) is 10.3. The van der Waals surface area contributed by atoms with Crippen molar-refractivity contribution in [2.24, 2.45) is 5.92 Å². The van der Waals surface area contributed by atoms with Gasteiger partial charge >= 0.3 is 0 Å². The predicted octanol–water partition coefficient (Wildman–Crippen LogP) is 1.92. The zero-order valence-electron chi connectivity index (χ0n) is 14.9. The fourth-order valence-electron chi connectivity index (χ4n) is 3.63. The summed E-state index contributed by atoms with van der Waals surface area (Å²) in [4.78, 5) is 16.9. The summed E-state index contributed by atoms with van der Waals surface area (Å²) in [5, 5.41) is 0. The number of amides is 1. The number of rotatable bonds is 4. The van der Waals surface area contributed by atoms with Crippen LogP contribution >= 0.6 is 0 Å². The monoisotopic (exact) mass is 344 g/mol. The fraction of sp³-hybridized carbons (Fsp3) is 0.941. The van der Waals surface area contributed by atoms with E-state index in [2.05, 4.69) is 4.90 Å². The van der Waals surface area contributed by atoms with E-state index in [0.717, 1.165) is 38.2 Å². The first-order valence-corrected chi connectivity index (χ1v) is 10.8. The highest BCUT2D eigenvalue weighted by molar-refractivity contribution is 7.92. The molecule has 1 saturated heterocycles. The predicted molar refractivity (Wildman–Crippen MR) is 93.1 cm³/mol. The Morgan fingerprint density at radius 2 is 1.65 bits per heavy atom. The van der Waals surface area contributed by atoms with Crippen molar-refractivity contribution in [3.05, 3.63) is 0 Å². The molecule has 2 fully saturated rings. The lowest BCUT2D eigenvalue weighted by molar-refractivity contribution is -0.133. The Bertz CT molecular complexity index is 510. The minimum absolute atomic E-state index is 0.250. The second kappa shape index (κ2) is 7.51. The van der Waals surface area contributed by atoms with Gasteiger partial charge in [0.25, 0.3) is 0 Å². The van der Waals surface area contributed by atoms with Gasteiger partial charge in [0.05, 0.1) is 0 Å². The molecule has 1 heterocycles. The van der Waals surface area contributed by atoms with Crippen molar-refractivity contribution < 1.29 is 13.2 Å². The van der Waals surface area contributed by atoms with Gasteiger partial charge in [-0.05, 0) is 45.6 Å². The second-order valence-electron chi connectivity index (χ2n) is 7.73. The molecule has 1 aliphatic heterocycles. The van der Waals surface area contributed by atoms with Gasteiger partial charge in [-0.25, -0.2) is 8.42 Å². The molecule has 1 amide bonds. The van der Waals surface area contributed by atoms with Crippen LogP contribution in [0.5, 0.6) is 0 Å². The maximum Gasteiger partial charge on any atom is 0.243 e. The first kappa shape index (κ1) is 18.7. The lowest BCUT2D eigenvalue weighted by Crippen LogP contribution is -2.50. The minimum Gasteiger partial charge on any atom is -0.340 e. The van der Waals surface area contributed by atoms with Crippen LogP contribution in [0, 0.1) is 5.92 Å². The van der Waals surface area contributed by atoms with Crippen molar-refractivity contribution in [3.63, 3.8) is 0 Å². The average molecular weight is 345 g/mol. The SMILES string of the molecule is CC(C)(C(=O)N1CCCN(CC2CCCCC2)CC1)S(C)(=O)=O. The Hall–Kier alpha value is -0.620. The minimum atomic E-state index is -3.40. The molecular formula is C17H32N2O3S. The van der Waals surface area contributed by atoms with Gasteiger partial charge in [0.15, 0.2) is 9.84 Å². The first-order chi connectivity index (χ1) is 10.7. The van der Waals surface area contributed by atoms with E-state index in [9.17, 15) is 13.2 Å². The summed E-state index contributed by atoms with van der Waals surface area (Å²) in [5.41, 5.74) is 0. The van der Waals surface area contributed by atoms with E-state index in [1.807, 2.05) is 0 Å². The molecule has 0 spiro atoms. The summed E-state index contributed by atoms with van der Waals surface area (Å²) in [7, 11) is -3.40. The highest BCUT2D eigenvalue weighted by atomic mass is 32.2. The van der Waals surface area contributed by atoms with E-state index in [4.69, 9.17) is 0 Å². The van der Waals surface area contributed by atoms with Crippen molar-refractivity contribution in [2.45, 2.75) is 57.1 Å². The molecule has 0 aromatic carbocycles. The molecule has 0 N–H and O–H groups in total. The molecule has 0 radical (unpaired) electrons. The van der Waals surface area contributed by atoms with Gasteiger partial charge in [-0.15, -0.1) is 0 Å². The molecule has 1 aliphatic carbocycles. The van der Waals surface area contributed by atoms with Crippen LogP contribution < -0.4 is 0 Å². The maximum atomic E-state index is 12.6. The zero-order valence-corrected chi connectivity index (χ0v) is 15.7. The summed E-state index contributed by atoms with van der Waals surface area (Å²) >= 11 is 0. The van der Waals surface area contributed by atoms with Crippen LogP contribution in [0.3, 0.4) is 0 Å². The van der Waals surface area contributed by atoms with E-state index < -0.39 is 14.6 Å². The van der Waals surface area contributed by atoms with E-state index >= 15 is 0 Å². The smallest absolute Gasteiger partial charge is 0.243 e. The highest BCUT2D eigenvalue weighted by Gasteiger charge is 2.41. The third-order valence-electron chi connectivity index (χ3n) is 5.56. The van der Waals surface area contributed by atoms with Crippen LogP contribution in [0.15, 0.2) is 0 Å². The molecule has 0 aromatic heterocycles. The summed E-state index contributed by atoms with van der Waals surface area (Å²) in [5.74, 6) is 0.554. The Morgan fingerprint density at radius 3 is 2.26 bits per heavy atom. The molecule has 0 aromatic rings. The molecule has 0 atom stereocenters. The van der Waals surface area contributed by atoms with Crippen molar-refractivity contribution >= 4 is 15.7 Å². The van der Waals surface area contributed by atoms with Gasteiger partial charge in [0.2, 0.25) is 5.91 Å². The lowest BCUT2D eigenvalue weighted by atomic mass is 9.89. The largest absolute Gasteiger partial charge is 0.340 e. The van der Waals surface area contributed by atoms with Gasteiger partial charge in [-0.1, -0.05) is 19.3 Å². The standard InChI is InChI=1S/C17H32N2O3S/c1-17(2,23(3,21)22)16(20)19-11-7-10-18(12-13-19)14-15-8-5-4-6-9-15/h15H,4-14H2,1-3H3. The quantitative estimate of drug-likeness (QED) is 0.782. The third-order valence-corrected chi connectivity index (χ3v) is 7.59. The van der Waals surface area contributed by atoms with Crippen LogP contribution in [-0.4, -0.2) is 67.9 Å². The van der Waals surface area contributed by atoms with Crippen LogP contribution in [0.2, 0.25) is 0 Å². The Morgan fingerprint density at radius 1 is 1.00 bits per heavy atom. The molecule has 23 heavy (non-hydrogen) atoms. The Labute approximate surface area is 141 Å². The van der Waals surface area contributed by atoms with Crippen LogP contribution in [-0.2, 0) is 14.6 Å². The summed E-state index contributed by atoms with van der Waals surface area (Å²) in [6, 6.07) is 0. The van der Waals surface area contributed by atoms with Crippen LogP contribution in [0.4, 0.5) is 0 Å². The fourth-order valence-corrected chi connectivity index (χ4v) is 4.08. The first-order valence-electron chi connectivity index (χ1n) is 8.93. The summed E-state index contributed by atoms with van der Waals surface area (Å²) in [6.45, 7) is 7.37.